The van der Waals surface area contributed by atoms with Crippen LogP contribution in [0.5, 0.6) is 5.75 Å². The maximum Gasteiger partial charge on any atom is 0.165 e. The Morgan fingerprint density at radius 2 is 2.00 bits per heavy atom. The predicted molar refractivity (Wildman–Crippen MR) is 50.4 cm³/mol. The van der Waals surface area contributed by atoms with E-state index in [0.29, 0.717) is 9.32 Å². The molecule has 0 aliphatic rings. The van der Waals surface area contributed by atoms with E-state index in [9.17, 15) is 8.78 Å². The van der Waals surface area contributed by atoms with Gasteiger partial charge in [-0.25, -0.2) is 8.78 Å². The van der Waals surface area contributed by atoms with Crippen LogP contribution >= 0.6 is 22.6 Å². The van der Waals surface area contributed by atoms with Crippen molar-refractivity contribution in [1.82, 2.24) is 0 Å². The molecule has 0 aliphatic carbocycles. The van der Waals surface area contributed by atoms with Crippen LogP contribution in [0.15, 0.2) is 6.07 Å². The van der Waals surface area contributed by atoms with Gasteiger partial charge in [-0.15, -0.1) is 0 Å². The Morgan fingerprint density at radius 1 is 1.42 bits per heavy atom. The minimum atomic E-state index is -0.840. The summed E-state index contributed by atoms with van der Waals surface area (Å²) in [5.41, 5.74) is 0.210. The van der Waals surface area contributed by atoms with Crippen LogP contribution in [0, 0.1) is 22.1 Å². The van der Waals surface area contributed by atoms with Crippen molar-refractivity contribution >= 4 is 22.6 Å². The van der Waals surface area contributed by atoms with Crippen molar-refractivity contribution in [3.63, 3.8) is 0 Å². The normalized spacial score (nSPS) is 10.1. The number of methoxy groups -OCH3 is 1. The second-order valence-corrected chi connectivity index (χ2v) is 3.47. The summed E-state index contributed by atoms with van der Waals surface area (Å²) in [5, 5.41) is 0. The van der Waals surface area contributed by atoms with Crippen LogP contribution in [-0.4, -0.2) is 7.11 Å². The molecule has 0 atom stereocenters. The van der Waals surface area contributed by atoms with E-state index >= 15 is 0 Å². The number of benzene rings is 1. The molecule has 1 aromatic rings. The lowest BCUT2D eigenvalue weighted by Crippen LogP contribution is -1.97. The molecule has 0 unspecified atom stereocenters. The Labute approximate surface area is 82.9 Å². The molecule has 4 heteroatoms. The maximum absolute atomic E-state index is 12.9. The first-order valence-electron chi connectivity index (χ1n) is 3.26. The lowest BCUT2D eigenvalue weighted by Gasteiger charge is -2.07. The summed E-state index contributed by atoms with van der Waals surface area (Å²) in [5.74, 6) is -1.28. The third kappa shape index (κ3) is 1.53. The summed E-state index contributed by atoms with van der Waals surface area (Å²) >= 11 is 1.90. The van der Waals surface area contributed by atoms with Gasteiger partial charge in [0.1, 0.15) is 5.75 Å². The van der Waals surface area contributed by atoms with Crippen molar-refractivity contribution in [2.24, 2.45) is 0 Å². The largest absolute Gasteiger partial charge is 0.495 e. The van der Waals surface area contributed by atoms with Gasteiger partial charge in [0, 0.05) is 5.56 Å². The van der Waals surface area contributed by atoms with Gasteiger partial charge in [-0.3, -0.25) is 0 Å². The van der Waals surface area contributed by atoms with Gasteiger partial charge < -0.3 is 4.74 Å². The Morgan fingerprint density at radius 3 is 2.50 bits per heavy atom. The lowest BCUT2D eigenvalue weighted by molar-refractivity contribution is 0.398. The van der Waals surface area contributed by atoms with Gasteiger partial charge >= 0.3 is 0 Å². The quantitative estimate of drug-likeness (QED) is 0.569. The number of halogens is 3. The summed E-state index contributed by atoms with van der Waals surface area (Å²) in [6.07, 6.45) is 0. The topological polar surface area (TPSA) is 9.23 Å². The Hall–Kier alpha value is -0.390. The fraction of sp³-hybridized carbons (Fsp3) is 0.250. The molecule has 12 heavy (non-hydrogen) atoms. The van der Waals surface area contributed by atoms with E-state index < -0.39 is 11.6 Å². The van der Waals surface area contributed by atoms with Crippen LogP contribution in [0.1, 0.15) is 5.56 Å². The van der Waals surface area contributed by atoms with Gasteiger partial charge in [0.05, 0.1) is 10.7 Å². The summed E-state index contributed by atoms with van der Waals surface area (Å²) < 4.78 is 31.1. The molecule has 0 aliphatic heterocycles. The van der Waals surface area contributed by atoms with E-state index in [-0.39, 0.29) is 5.56 Å². The molecule has 0 fully saturated rings. The van der Waals surface area contributed by atoms with Crippen LogP contribution in [0.2, 0.25) is 0 Å². The lowest BCUT2D eigenvalue weighted by atomic mass is 10.2. The minimum Gasteiger partial charge on any atom is -0.495 e. The van der Waals surface area contributed by atoms with Crippen LogP contribution < -0.4 is 4.74 Å². The number of rotatable bonds is 1. The van der Waals surface area contributed by atoms with E-state index in [1.54, 1.807) is 0 Å². The fourth-order valence-corrected chi connectivity index (χ4v) is 1.85. The molecule has 1 aromatic carbocycles. The molecule has 66 valence electrons. The first-order chi connectivity index (χ1) is 5.57. The summed E-state index contributed by atoms with van der Waals surface area (Å²) in [4.78, 5) is 0. The second-order valence-electron chi connectivity index (χ2n) is 2.31. The average molecular weight is 284 g/mol. The van der Waals surface area contributed by atoms with Gasteiger partial charge in [0.15, 0.2) is 11.6 Å². The summed E-state index contributed by atoms with van der Waals surface area (Å²) in [6.45, 7) is 1.49. The second kappa shape index (κ2) is 3.55. The molecule has 0 heterocycles. The minimum absolute atomic E-state index is 0.210. The highest BCUT2D eigenvalue weighted by Crippen LogP contribution is 2.28. The van der Waals surface area contributed by atoms with Crippen molar-refractivity contribution in [3.05, 3.63) is 26.8 Å². The fourth-order valence-electron chi connectivity index (χ4n) is 0.949. The predicted octanol–water partition coefficient (Wildman–Crippen LogP) is 2.89. The number of hydrogen-bond donors (Lipinski definition) is 0. The molecule has 0 aromatic heterocycles. The van der Waals surface area contributed by atoms with Crippen molar-refractivity contribution in [1.29, 1.82) is 0 Å². The Bertz CT molecular complexity index is 312. The summed E-state index contributed by atoms with van der Waals surface area (Å²) in [7, 11) is 1.43. The molecule has 0 spiro atoms. The van der Waals surface area contributed by atoms with Gasteiger partial charge in [-0.1, -0.05) is 0 Å². The Balaban J connectivity index is 3.40. The molecule has 0 bridgehead atoms. The van der Waals surface area contributed by atoms with E-state index in [1.165, 1.54) is 14.0 Å². The zero-order valence-electron chi connectivity index (χ0n) is 6.62. The molecule has 0 radical (unpaired) electrons. The third-order valence-corrected chi connectivity index (χ3v) is 2.36. The Kier molecular flexibility index (Phi) is 2.87. The van der Waals surface area contributed by atoms with Gasteiger partial charge in [0.2, 0.25) is 0 Å². The monoisotopic (exact) mass is 284 g/mol. The van der Waals surface area contributed by atoms with E-state index in [4.69, 9.17) is 4.74 Å². The van der Waals surface area contributed by atoms with Gasteiger partial charge in [-0.05, 0) is 35.6 Å². The van der Waals surface area contributed by atoms with Gasteiger partial charge in [0.25, 0.3) is 0 Å². The molecule has 0 amide bonds. The molecule has 0 saturated carbocycles. The smallest absolute Gasteiger partial charge is 0.165 e. The maximum atomic E-state index is 12.9. The van der Waals surface area contributed by atoms with Crippen molar-refractivity contribution < 1.29 is 13.5 Å². The zero-order valence-corrected chi connectivity index (χ0v) is 8.78. The first kappa shape index (κ1) is 9.70. The molecule has 0 N–H and O–H groups in total. The number of hydrogen-bond acceptors (Lipinski definition) is 1. The van der Waals surface area contributed by atoms with E-state index in [2.05, 4.69) is 0 Å². The highest BCUT2D eigenvalue weighted by molar-refractivity contribution is 14.1. The third-order valence-electron chi connectivity index (χ3n) is 1.55. The average Bonchev–Trinajstić information content (AvgIpc) is 2.01. The first-order valence-corrected chi connectivity index (χ1v) is 4.34. The molecule has 0 saturated heterocycles. The zero-order chi connectivity index (χ0) is 9.30. The summed E-state index contributed by atoms with van der Waals surface area (Å²) in [6, 6.07) is 1.11. The van der Waals surface area contributed by atoms with Crippen LogP contribution in [-0.2, 0) is 0 Å². The van der Waals surface area contributed by atoms with Crippen LogP contribution in [0.3, 0.4) is 0 Å². The van der Waals surface area contributed by atoms with E-state index in [0.717, 1.165) is 6.07 Å². The van der Waals surface area contributed by atoms with Crippen molar-refractivity contribution in [2.45, 2.75) is 6.92 Å². The molecular formula is C8H7F2IO. The van der Waals surface area contributed by atoms with Crippen molar-refractivity contribution in [3.8, 4) is 5.75 Å². The van der Waals surface area contributed by atoms with Crippen LogP contribution in [0.25, 0.3) is 0 Å². The van der Waals surface area contributed by atoms with Gasteiger partial charge in [-0.2, -0.15) is 0 Å². The SMILES string of the molecule is COc1c(I)cc(F)c(F)c1C. The van der Waals surface area contributed by atoms with E-state index in [1.807, 2.05) is 22.6 Å². The molecule has 1 nitrogen and oxygen atoms in total. The highest BCUT2D eigenvalue weighted by Gasteiger charge is 2.13. The molecule has 1 rings (SSSR count). The van der Waals surface area contributed by atoms with Crippen molar-refractivity contribution in [2.75, 3.05) is 7.11 Å². The van der Waals surface area contributed by atoms with Crippen LogP contribution in [0.4, 0.5) is 8.78 Å². The molecular weight excluding hydrogens is 277 g/mol. The number of ether oxygens (including phenoxy) is 1. The highest BCUT2D eigenvalue weighted by atomic mass is 127. The standard InChI is InChI=1S/C8H7F2IO/c1-4-7(10)5(9)3-6(11)8(4)12-2/h3H,1-2H3.